The van der Waals surface area contributed by atoms with Gasteiger partial charge in [0.2, 0.25) is 3.79 Å². The summed E-state index contributed by atoms with van der Waals surface area (Å²) in [5.74, 6) is 0. The Labute approximate surface area is 152 Å². The lowest BCUT2D eigenvalue weighted by molar-refractivity contribution is 1.06. The fraction of sp³-hybridized carbons (Fsp3) is 0.211. The summed E-state index contributed by atoms with van der Waals surface area (Å²) in [6.45, 7) is 6.00. The van der Waals surface area contributed by atoms with Crippen LogP contribution in [0.3, 0.4) is 0 Å². The van der Waals surface area contributed by atoms with Gasteiger partial charge in [-0.05, 0) is 41.2 Å². The first-order chi connectivity index (χ1) is 10.9. The average molecular weight is 367 g/mol. The van der Waals surface area contributed by atoms with Crippen LogP contribution in [0.2, 0.25) is 0 Å². The van der Waals surface area contributed by atoms with Crippen LogP contribution in [0, 0.1) is 0 Å². The Morgan fingerprint density at radius 1 is 1.13 bits per heavy atom. The first-order valence-electron chi connectivity index (χ1n) is 7.36. The van der Waals surface area contributed by atoms with Crippen molar-refractivity contribution in [2.45, 2.75) is 23.6 Å². The topological polar surface area (TPSA) is 12.4 Å². The van der Waals surface area contributed by atoms with Gasteiger partial charge in [-0.25, -0.2) is 0 Å². The zero-order chi connectivity index (χ0) is 16.9. The number of halogens is 3. The van der Waals surface area contributed by atoms with Crippen molar-refractivity contribution in [1.82, 2.24) is 0 Å². The minimum Gasteiger partial charge on any atom is -0.256 e. The SMILES string of the molecule is C=C(Cc1cc(CC)ccc1N=Cc1ccccc1)C(Cl)(Cl)Cl. The standard InChI is InChI=1S/C19H18Cl3N/c1-3-15-9-10-18(23-13-16-7-5-4-6-8-16)17(12-15)11-14(2)19(20,21)22/h4-10,12-13H,2-3,11H2,1H3. The first-order valence-corrected chi connectivity index (χ1v) is 8.49. The van der Waals surface area contributed by atoms with E-state index in [0.717, 1.165) is 23.2 Å². The van der Waals surface area contributed by atoms with Crippen molar-refractivity contribution in [3.05, 3.63) is 77.4 Å². The van der Waals surface area contributed by atoms with E-state index in [9.17, 15) is 0 Å². The van der Waals surface area contributed by atoms with E-state index in [1.54, 1.807) is 0 Å². The Kier molecular flexibility index (Phi) is 6.29. The highest BCUT2D eigenvalue weighted by atomic mass is 35.6. The molecular formula is C19H18Cl3N. The van der Waals surface area contributed by atoms with Crippen molar-refractivity contribution in [2.75, 3.05) is 0 Å². The quantitative estimate of drug-likeness (QED) is 0.327. The molecule has 0 spiro atoms. The molecular weight excluding hydrogens is 349 g/mol. The molecule has 4 heteroatoms. The van der Waals surface area contributed by atoms with Crippen LogP contribution in [0.5, 0.6) is 0 Å². The van der Waals surface area contributed by atoms with Gasteiger partial charge in [-0.1, -0.05) is 90.8 Å². The molecule has 0 unspecified atom stereocenters. The van der Waals surface area contributed by atoms with Crippen molar-refractivity contribution in [2.24, 2.45) is 4.99 Å². The third-order valence-electron chi connectivity index (χ3n) is 3.51. The zero-order valence-electron chi connectivity index (χ0n) is 12.9. The summed E-state index contributed by atoms with van der Waals surface area (Å²) < 4.78 is -1.47. The van der Waals surface area contributed by atoms with Crippen molar-refractivity contribution in [3.8, 4) is 0 Å². The number of aryl methyl sites for hydroxylation is 1. The molecule has 0 fully saturated rings. The number of rotatable bonds is 5. The van der Waals surface area contributed by atoms with Gasteiger partial charge >= 0.3 is 0 Å². The molecule has 0 aromatic heterocycles. The van der Waals surface area contributed by atoms with Crippen LogP contribution in [0.15, 0.2) is 65.7 Å². The van der Waals surface area contributed by atoms with E-state index in [-0.39, 0.29) is 0 Å². The summed E-state index contributed by atoms with van der Waals surface area (Å²) in [6, 6.07) is 16.1. The van der Waals surface area contributed by atoms with E-state index in [4.69, 9.17) is 34.8 Å². The monoisotopic (exact) mass is 365 g/mol. The highest BCUT2D eigenvalue weighted by molar-refractivity contribution is 6.69. The van der Waals surface area contributed by atoms with Gasteiger partial charge in [-0.2, -0.15) is 0 Å². The smallest absolute Gasteiger partial charge is 0.212 e. The molecule has 23 heavy (non-hydrogen) atoms. The summed E-state index contributed by atoms with van der Waals surface area (Å²) in [7, 11) is 0. The molecule has 0 saturated carbocycles. The third-order valence-corrected chi connectivity index (χ3v) is 4.31. The van der Waals surface area contributed by atoms with Crippen molar-refractivity contribution in [3.63, 3.8) is 0 Å². The van der Waals surface area contributed by atoms with Gasteiger partial charge in [0.1, 0.15) is 0 Å². The van der Waals surface area contributed by atoms with Crippen LogP contribution in [-0.2, 0) is 12.8 Å². The second kappa shape index (κ2) is 8.01. The van der Waals surface area contributed by atoms with Crippen molar-refractivity contribution in [1.29, 1.82) is 0 Å². The number of benzene rings is 2. The van der Waals surface area contributed by atoms with Crippen LogP contribution in [0.4, 0.5) is 5.69 Å². The summed E-state index contributed by atoms with van der Waals surface area (Å²) in [5, 5.41) is 0. The number of allylic oxidation sites excluding steroid dienone is 1. The lowest BCUT2D eigenvalue weighted by atomic mass is 10.0. The summed E-state index contributed by atoms with van der Waals surface area (Å²) in [6.07, 6.45) is 3.25. The predicted octanol–water partition coefficient (Wildman–Crippen LogP) is 6.47. The second-order valence-electron chi connectivity index (χ2n) is 5.26. The molecule has 0 atom stereocenters. The zero-order valence-corrected chi connectivity index (χ0v) is 15.2. The first kappa shape index (κ1) is 18.1. The fourth-order valence-corrected chi connectivity index (χ4v) is 2.34. The van der Waals surface area contributed by atoms with Gasteiger partial charge in [-0.3, -0.25) is 4.99 Å². The van der Waals surface area contributed by atoms with Crippen LogP contribution in [0.1, 0.15) is 23.6 Å². The Morgan fingerprint density at radius 2 is 1.83 bits per heavy atom. The third kappa shape index (κ3) is 5.39. The molecule has 0 heterocycles. The van der Waals surface area contributed by atoms with Gasteiger partial charge in [-0.15, -0.1) is 0 Å². The molecule has 0 aliphatic carbocycles. The van der Waals surface area contributed by atoms with Gasteiger partial charge in [0.05, 0.1) is 5.69 Å². The van der Waals surface area contributed by atoms with E-state index < -0.39 is 3.79 Å². The highest BCUT2D eigenvalue weighted by Crippen LogP contribution is 2.37. The summed E-state index contributed by atoms with van der Waals surface area (Å²) in [5.41, 5.74) is 4.66. The summed E-state index contributed by atoms with van der Waals surface area (Å²) >= 11 is 17.8. The highest BCUT2D eigenvalue weighted by Gasteiger charge is 2.24. The Morgan fingerprint density at radius 3 is 2.43 bits per heavy atom. The minimum atomic E-state index is -1.47. The molecule has 1 nitrogen and oxygen atoms in total. The normalized spacial score (nSPS) is 11.8. The van der Waals surface area contributed by atoms with Crippen molar-refractivity contribution >= 4 is 46.7 Å². The summed E-state index contributed by atoms with van der Waals surface area (Å²) in [4.78, 5) is 4.59. The maximum absolute atomic E-state index is 5.93. The maximum Gasteiger partial charge on any atom is 0.212 e. The van der Waals surface area contributed by atoms with Gasteiger partial charge < -0.3 is 0 Å². The van der Waals surface area contributed by atoms with E-state index in [1.807, 2.05) is 42.6 Å². The molecule has 0 aliphatic heterocycles. The average Bonchev–Trinajstić information content (AvgIpc) is 2.53. The van der Waals surface area contributed by atoms with Crippen LogP contribution in [0.25, 0.3) is 0 Å². The van der Waals surface area contributed by atoms with Gasteiger partial charge in [0.15, 0.2) is 0 Å². The Hall–Kier alpha value is -1.28. The molecule has 2 rings (SSSR count). The molecule has 0 amide bonds. The van der Waals surface area contributed by atoms with Gasteiger partial charge in [0, 0.05) is 6.21 Å². The molecule has 0 radical (unpaired) electrons. The molecule has 2 aromatic carbocycles. The molecule has 0 bridgehead atoms. The second-order valence-corrected chi connectivity index (χ2v) is 7.54. The molecule has 120 valence electrons. The number of nitrogens with zero attached hydrogens (tertiary/aromatic N) is 1. The number of aliphatic imine (C=N–C) groups is 1. The largest absolute Gasteiger partial charge is 0.256 e. The Bertz CT molecular complexity index is 700. The van der Waals surface area contributed by atoms with E-state index in [1.165, 1.54) is 5.56 Å². The number of hydrogen-bond acceptors (Lipinski definition) is 1. The maximum atomic E-state index is 5.93. The molecule has 0 aliphatic rings. The minimum absolute atomic E-state index is 0.478. The fourth-order valence-electron chi connectivity index (χ4n) is 2.14. The van der Waals surface area contributed by atoms with Crippen LogP contribution >= 0.6 is 34.8 Å². The predicted molar refractivity (Wildman–Crippen MR) is 103 cm³/mol. The Balaban J connectivity index is 2.31. The number of hydrogen-bond donors (Lipinski definition) is 0. The van der Waals surface area contributed by atoms with Crippen LogP contribution in [-0.4, -0.2) is 10.0 Å². The van der Waals surface area contributed by atoms with Crippen LogP contribution < -0.4 is 0 Å². The lowest BCUT2D eigenvalue weighted by Crippen LogP contribution is -2.08. The van der Waals surface area contributed by atoms with E-state index in [0.29, 0.717) is 12.0 Å². The number of alkyl halides is 3. The van der Waals surface area contributed by atoms with E-state index >= 15 is 0 Å². The van der Waals surface area contributed by atoms with Gasteiger partial charge in [0.25, 0.3) is 0 Å². The van der Waals surface area contributed by atoms with Crippen molar-refractivity contribution < 1.29 is 0 Å². The van der Waals surface area contributed by atoms with E-state index in [2.05, 4.69) is 30.6 Å². The molecule has 0 saturated heterocycles. The molecule has 0 N–H and O–H groups in total. The lowest BCUT2D eigenvalue weighted by Gasteiger charge is -2.16. The molecule has 2 aromatic rings.